The first-order valence-corrected chi connectivity index (χ1v) is 6.63. The second-order valence-corrected chi connectivity index (χ2v) is 4.89. The highest BCUT2D eigenvalue weighted by Crippen LogP contribution is 2.15. The van der Waals surface area contributed by atoms with Crippen molar-refractivity contribution < 1.29 is 9.18 Å². The second kappa shape index (κ2) is 6.52. The third-order valence-electron chi connectivity index (χ3n) is 3.42. The molecule has 5 heteroatoms. The highest BCUT2D eigenvalue weighted by Gasteiger charge is 2.21. The van der Waals surface area contributed by atoms with Crippen LogP contribution in [-0.4, -0.2) is 37.1 Å². The first-order valence-electron chi connectivity index (χ1n) is 6.63. The number of benzene rings is 1. The molecule has 2 N–H and O–H groups in total. The van der Waals surface area contributed by atoms with E-state index < -0.39 is 0 Å². The maximum Gasteiger partial charge on any atom is 0.314 e. The fourth-order valence-electron chi connectivity index (χ4n) is 2.44. The number of hydrogen-bond acceptors (Lipinski definition) is 2. The average molecular weight is 265 g/mol. The van der Waals surface area contributed by atoms with E-state index in [9.17, 15) is 9.18 Å². The van der Waals surface area contributed by atoms with Gasteiger partial charge in [-0.2, -0.15) is 0 Å². The van der Waals surface area contributed by atoms with Gasteiger partial charge in [-0.15, -0.1) is 0 Å². The molecule has 0 radical (unpaired) electrons. The van der Waals surface area contributed by atoms with Crippen molar-refractivity contribution in [1.82, 2.24) is 15.5 Å². The van der Waals surface area contributed by atoms with Crippen LogP contribution in [0, 0.1) is 5.82 Å². The summed E-state index contributed by atoms with van der Waals surface area (Å²) in [6.45, 7) is 2.31. The monoisotopic (exact) mass is 265 g/mol. The fourth-order valence-corrected chi connectivity index (χ4v) is 2.44. The fraction of sp³-hybridized carbons (Fsp3) is 0.500. The second-order valence-electron chi connectivity index (χ2n) is 4.89. The molecule has 1 heterocycles. The zero-order valence-corrected chi connectivity index (χ0v) is 11.2. The van der Waals surface area contributed by atoms with Crippen LogP contribution < -0.4 is 10.6 Å². The van der Waals surface area contributed by atoms with Crippen LogP contribution in [0.4, 0.5) is 9.18 Å². The molecule has 0 spiro atoms. The molecule has 0 aromatic heterocycles. The van der Waals surface area contributed by atoms with Gasteiger partial charge in [0, 0.05) is 31.7 Å². The number of urea groups is 1. The Morgan fingerprint density at radius 3 is 3.00 bits per heavy atom. The van der Waals surface area contributed by atoms with Crippen molar-refractivity contribution in [2.45, 2.75) is 25.4 Å². The van der Waals surface area contributed by atoms with Gasteiger partial charge in [0.25, 0.3) is 0 Å². The van der Waals surface area contributed by atoms with Crippen molar-refractivity contribution in [3.8, 4) is 0 Å². The number of rotatable bonds is 3. The van der Waals surface area contributed by atoms with Crippen molar-refractivity contribution >= 4 is 6.03 Å². The maximum atomic E-state index is 13.6. The maximum absolute atomic E-state index is 13.6. The number of amides is 2. The number of halogens is 1. The van der Waals surface area contributed by atoms with Gasteiger partial charge in [0.05, 0.1) is 0 Å². The lowest BCUT2D eigenvalue weighted by atomic mass is 10.0. The molecule has 1 aromatic rings. The minimum atomic E-state index is -0.163. The highest BCUT2D eigenvalue weighted by molar-refractivity contribution is 5.73. The molecule has 0 saturated carbocycles. The van der Waals surface area contributed by atoms with Gasteiger partial charge >= 0.3 is 6.03 Å². The number of nitrogens with one attached hydrogen (secondary N) is 2. The summed E-state index contributed by atoms with van der Waals surface area (Å²) in [5.41, 5.74) is 0.711. The first-order chi connectivity index (χ1) is 9.19. The van der Waals surface area contributed by atoms with E-state index in [0.29, 0.717) is 12.1 Å². The summed E-state index contributed by atoms with van der Waals surface area (Å²) >= 11 is 0. The number of carbonyl (C=O) groups excluding carboxylic acids is 1. The molecule has 0 bridgehead atoms. The molecule has 0 aliphatic carbocycles. The Balaban J connectivity index is 1.91. The smallest absolute Gasteiger partial charge is 0.314 e. The van der Waals surface area contributed by atoms with Gasteiger partial charge in [0.15, 0.2) is 0 Å². The van der Waals surface area contributed by atoms with Gasteiger partial charge in [-0.3, -0.25) is 4.90 Å². The van der Waals surface area contributed by atoms with Crippen molar-refractivity contribution in [2.75, 3.05) is 20.1 Å². The van der Waals surface area contributed by atoms with E-state index in [1.54, 1.807) is 13.1 Å². The molecule has 1 fully saturated rings. The molecule has 1 unspecified atom stereocenters. The zero-order valence-electron chi connectivity index (χ0n) is 11.2. The SMILES string of the molecule is CNC(=O)NC1CCCN(Cc2ccccc2F)C1. The highest BCUT2D eigenvalue weighted by atomic mass is 19.1. The first kappa shape index (κ1) is 13.8. The van der Waals surface area contributed by atoms with Crippen LogP contribution in [0.3, 0.4) is 0 Å². The Kier molecular flexibility index (Phi) is 4.74. The Labute approximate surface area is 113 Å². The van der Waals surface area contributed by atoms with E-state index in [0.717, 1.165) is 25.9 Å². The van der Waals surface area contributed by atoms with Crippen molar-refractivity contribution in [3.63, 3.8) is 0 Å². The number of nitrogens with zero attached hydrogens (tertiary/aromatic N) is 1. The quantitative estimate of drug-likeness (QED) is 0.874. The summed E-state index contributed by atoms with van der Waals surface area (Å²) in [7, 11) is 1.61. The van der Waals surface area contributed by atoms with Gasteiger partial charge in [0.1, 0.15) is 5.82 Å². The van der Waals surface area contributed by atoms with Crippen molar-refractivity contribution in [1.29, 1.82) is 0 Å². The predicted molar refractivity (Wildman–Crippen MR) is 72.3 cm³/mol. The van der Waals surface area contributed by atoms with Gasteiger partial charge in [-0.05, 0) is 25.5 Å². The molecule has 1 saturated heterocycles. The van der Waals surface area contributed by atoms with Crippen LogP contribution in [0.15, 0.2) is 24.3 Å². The van der Waals surface area contributed by atoms with E-state index in [2.05, 4.69) is 15.5 Å². The molecule has 1 aliphatic rings. The van der Waals surface area contributed by atoms with E-state index in [-0.39, 0.29) is 17.9 Å². The largest absolute Gasteiger partial charge is 0.341 e. The summed E-state index contributed by atoms with van der Waals surface area (Å²) in [6, 6.07) is 6.83. The summed E-state index contributed by atoms with van der Waals surface area (Å²) in [5.74, 6) is -0.163. The van der Waals surface area contributed by atoms with Crippen molar-refractivity contribution in [2.24, 2.45) is 0 Å². The molecule has 2 rings (SSSR count). The molecular weight excluding hydrogens is 245 g/mol. The molecule has 1 atom stereocenters. The third kappa shape index (κ3) is 3.92. The Morgan fingerprint density at radius 2 is 2.26 bits per heavy atom. The molecule has 1 aromatic carbocycles. The summed E-state index contributed by atoms with van der Waals surface area (Å²) in [4.78, 5) is 13.5. The normalized spacial score (nSPS) is 20.0. The van der Waals surface area contributed by atoms with E-state index in [1.165, 1.54) is 6.07 Å². The topological polar surface area (TPSA) is 44.4 Å². The molecule has 19 heavy (non-hydrogen) atoms. The van der Waals surface area contributed by atoms with Gasteiger partial charge in [-0.25, -0.2) is 9.18 Å². The minimum absolute atomic E-state index is 0.139. The summed E-state index contributed by atoms with van der Waals surface area (Å²) < 4.78 is 13.6. The lowest BCUT2D eigenvalue weighted by Gasteiger charge is -2.33. The van der Waals surface area contributed by atoms with E-state index in [1.807, 2.05) is 12.1 Å². The number of hydrogen-bond donors (Lipinski definition) is 2. The number of likely N-dealkylation sites (tertiary alicyclic amines) is 1. The number of carbonyl (C=O) groups is 1. The summed E-state index contributed by atoms with van der Waals surface area (Å²) in [5, 5.41) is 5.47. The summed E-state index contributed by atoms with van der Waals surface area (Å²) in [6.07, 6.45) is 1.99. The Hall–Kier alpha value is -1.62. The average Bonchev–Trinajstić information content (AvgIpc) is 2.42. The predicted octanol–water partition coefficient (Wildman–Crippen LogP) is 1.72. The molecule has 2 amide bonds. The van der Waals surface area contributed by atoms with Crippen LogP contribution in [-0.2, 0) is 6.54 Å². The van der Waals surface area contributed by atoms with Crippen LogP contribution >= 0.6 is 0 Å². The molecule has 104 valence electrons. The van der Waals surface area contributed by atoms with Gasteiger partial charge < -0.3 is 10.6 Å². The zero-order chi connectivity index (χ0) is 13.7. The van der Waals surface area contributed by atoms with E-state index >= 15 is 0 Å². The van der Waals surface area contributed by atoms with Crippen LogP contribution in [0.1, 0.15) is 18.4 Å². The van der Waals surface area contributed by atoms with Crippen LogP contribution in [0.5, 0.6) is 0 Å². The Morgan fingerprint density at radius 1 is 1.47 bits per heavy atom. The van der Waals surface area contributed by atoms with Crippen molar-refractivity contribution in [3.05, 3.63) is 35.6 Å². The third-order valence-corrected chi connectivity index (χ3v) is 3.42. The van der Waals surface area contributed by atoms with Gasteiger partial charge in [-0.1, -0.05) is 18.2 Å². The van der Waals surface area contributed by atoms with E-state index in [4.69, 9.17) is 0 Å². The lowest BCUT2D eigenvalue weighted by Crippen LogP contribution is -2.49. The van der Waals surface area contributed by atoms with Crippen LogP contribution in [0.25, 0.3) is 0 Å². The molecule has 4 nitrogen and oxygen atoms in total. The Bertz CT molecular complexity index is 438. The lowest BCUT2D eigenvalue weighted by molar-refractivity contribution is 0.179. The molecule has 1 aliphatic heterocycles. The van der Waals surface area contributed by atoms with Crippen LogP contribution in [0.2, 0.25) is 0 Å². The molecular formula is C14H20FN3O. The van der Waals surface area contributed by atoms with Gasteiger partial charge in [0.2, 0.25) is 0 Å². The minimum Gasteiger partial charge on any atom is -0.341 e. The standard InChI is InChI=1S/C14H20FN3O/c1-16-14(19)17-12-6-4-8-18(10-12)9-11-5-2-3-7-13(11)15/h2-3,5,7,12H,4,6,8-10H2,1H3,(H2,16,17,19). The number of piperidine rings is 1.